The molecule has 2 unspecified atom stereocenters. The van der Waals surface area contributed by atoms with Crippen LogP contribution in [0, 0.1) is 5.92 Å². The van der Waals surface area contributed by atoms with Crippen LogP contribution in [-0.4, -0.2) is 50.2 Å². The first kappa shape index (κ1) is 21.9. The highest BCUT2D eigenvalue weighted by Gasteiger charge is 2.17. The van der Waals surface area contributed by atoms with Crippen LogP contribution in [-0.2, 0) is 19.1 Å². The van der Waals surface area contributed by atoms with E-state index in [2.05, 4.69) is 6.92 Å². The van der Waals surface area contributed by atoms with Crippen molar-refractivity contribution < 1.29 is 19.1 Å². The van der Waals surface area contributed by atoms with E-state index in [1.54, 1.807) is 6.92 Å². The van der Waals surface area contributed by atoms with Gasteiger partial charge in [-0.05, 0) is 27.4 Å². The third kappa shape index (κ3) is 13.1. The van der Waals surface area contributed by atoms with Crippen molar-refractivity contribution in [2.45, 2.75) is 71.8 Å². The number of carbonyl (C=O) groups is 2. The molecule has 0 aliphatic carbocycles. The Bertz CT molecular complexity index is 331. The summed E-state index contributed by atoms with van der Waals surface area (Å²) in [6, 6.07) is 0. The Balaban J connectivity index is 3.73. The fraction of sp³-hybridized carbons (Fsp3) is 0.889. The van der Waals surface area contributed by atoms with Crippen LogP contribution in [0.1, 0.15) is 65.7 Å². The molecule has 5 nitrogen and oxygen atoms in total. The highest BCUT2D eigenvalue weighted by atomic mass is 16.6. The monoisotopic (exact) mass is 329 g/mol. The minimum Gasteiger partial charge on any atom is -0.462 e. The van der Waals surface area contributed by atoms with Crippen molar-refractivity contribution in [1.82, 2.24) is 4.90 Å². The van der Waals surface area contributed by atoms with Crippen molar-refractivity contribution in [3.63, 3.8) is 0 Å². The van der Waals surface area contributed by atoms with E-state index in [9.17, 15) is 9.59 Å². The molecule has 2 atom stereocenters. The Labute approximate surface area is 141 Å². The van der Waals surface area contributed by atoms with Gasteiger partial charge in [0.2, 0.25) is 0 Å². The first-order chi connectivity index (χ1) is 10.9. The molecule has 0 saturated heterocycles. The molecule has 0 aliphatic rings. The van der Waals surface area contributed by atoms with Crippen molar-refractivity contribution in [3.05, 3.63) is 0 Å². The molecule has 0 saturated carbocycles. The zero-order chi connectivity index (χ0) is 17.7. The summed E-state index contributed by atoms with van der Waals surface area (Å²) in [4.78, 5) is 25.4. The topological polar surface area (TPSA) is 55.8 Å². The van der Waals surface area contributed by atoms with Gasteiger partial charge in [-0.1, -0.05) is 46.0 Å². The Morgan fingerprint density at radius 3 is 2.22 bits per heavy atom. The minimum atomic E-state index is -0.391. The van der Waals surface area contributed by atoms with Gasteiger partial charge in [0.25, 0.3) is 0 Å². The normalized spacial score (nSPS) is 13.7. The lowest BCUT2D eigenvalue weighted by molar-refractivity contribution is -0.160. The number of rotatable bonds is 13. The predicted octanol–water partition coefficient (Wildman–Crippen LogP) is 3.41. The van der Waals surface area contributed by atoms with Crippen molar-refractivity contribution >= 4 is 11.9 Å². The highest BCUT2D eigenvalue weighted by Crippen LogP contribution is 2.08. The number of hydrogen-bond donors (Lipinski definition) is 0. The summed E-state index contributed by atoms with van der Waals surface area (Å²) in [6.45, 7) is 6.54. The molecule has 0 N–H and O–H groups in total. The van der Waals surface area contributed by atoms with E-state index in [4.69, 9.17) is 9.47 Å². The summed E-state index contributed by atoms with van der Waals surface area (Å²) < 4.78 is 10.5. The first-order valence-corrected chi connectivity index (χ1v) is 8.87. The number of ether oxygens (including phenoxy) is 2. The second-order valence-corrected chi connectivity index (χ2v) is 6.61. The second kappa shape index (κ2) is 13.3. The van der Waals surface area contributed by atoms with Crippen LogP contribution >= 0.6 is 0 Å². The lowest BCUT2D eigenvalue weighted by Crippen LogP contribution is -2.29. The van der Waals surface area contributed by atoms with E-state index in [1.165, 1.54) is 25.7 Å². The third-order valence-electron chi connectivity index (χ3n) is 3.57. The van der Waals surface area contributed by atoms with E-state index < -0.39 is 6.10 Å². The lowest BCUT2D eigenvalue weighted by Gasteiger charge is -2.18. The number of carbonyl (C=O) groups excluding carboxylic acids is 2. The molecule has 0 heterocycles. The van der Waals surface area contributed by atoms with Gasteiger partial charge in [0.05, 0.1) is 5.92 Å². The van der Waals surface area contributed by atoms with Crippen LogP contribution in [0.4, 0.5) is 0 Å². The zero-order valence-electron chi connectivity index (χ0n) is 15.6. The van der Waals surface area contributed by atoms with Crippen molar-refractivity contribution in [2.75, 3.05) is 27.2 Å². The van der Waals surface area contributed by atoms with Gasteiger partial charge in [0.1, 0.15) is 12.7 Å². The van der Waals surface area contributed by atoms with Gasteiger partial charge >= 0.3 is 11.9 Å². The maximum Gasteiger partial charge on any atom is 0.310 e. The summed E-state index contributed by atoms with van der Waals surface area (Å²) in [6.07, 6.45) is 6.90. The Kier molecular flexibility index (Phi) is 12.7. The Hall–Kier alpha value is -1.10. The van der Waals surface area contributed by atoms with Crippen molar-refractivity contribution in [2.24, 2.45) is 5.92 Å². The van der Waals surface area contributed by atoms with Crippen LogP contribution in [0.15, 0.2) is 0 Å². The standard InChI is InChI=1S/C18H35NO4/c1-6-7-8-9-10-11-12-17(20)23-16(3)14-22-18(21)15(2)13-19(4)5/h15-16H,6-14H2,1-5H3. The molecule has 0 aromatic heterocycles. The van der Waals surface area contributed by atoms with E-state index in [0.29, 0.717) is 13.0 Å². The summed E-state index contributed by atoms with van der Waals surface area (Å²) in [7, 11) is 3.83. The number of unbranched alkanes of at least 4 members (excludes halogenated alkanes) is 5. The van der Waals surface area contributed by atoms with Gasteiger partial charge in [0.15, 0.2) is 0 Å². The minimum absolute atomic E-state index is 0.124. The zero-order valence-corrected chi connectivity index (χ0v) is 15.6. The largest absolute Gasteiger partial charge is 0.462 e. The second-order valence-electron chi connectivity index (χ2n) is 6.61. The molecule has 0 fully saturated rings. The van der Waals surface area contributed by atoms with Gasteiger partial charge in [-0.3, -0.25) is 9.59 Å². The molecule has 5 heteroatoms. The van der Waals surface area contributed by atoms with E-state index in [1.807, 2.05) is 25.9 Å². The number of nitrogens with zero attached hydrogens (tertiary/aromatic N) is 1. The van der Waals surface area contributed by atoms with Crippen LogP contribution < -0.4 is 0 Å². The fourth-order valence-electron chi connectivity index (χ4n) is 2.33. The fourth-order valence-corrected chi connectivity index (χ4v) is 2.33. The summed E-state index contributed by atoms with van der Waals surface area (Å²) in [5, 5.41) is 0. The Morgan fingerprint density at radius 1 is 1.00 bits per heavy atom. The quantitative estimate of drug-likeness (QED) is 0.383. The molecule has 0 aromatic carbocycles. The van der Waals surface area contributed by atoms with Gasteiger partial charge in [0, 0.05) is 13.0 Å². The molecular formula is C18H35NO4. The molecule has 0 radical (unpaired) electrons. The van der Waals surface area contributed by atoms with Gasteiger partial charge in [-0.2, -0.15) is 0 Å². The molecule has 0 aliphatic heterocycles. The van der Waals surface area contributed by atoms with Gasteiger partial charge in [-0.15, -0.1) is 0 Å². The summed E-state index contributed by atoms with van der Waals surface area (Å²) in [5.41, 5.74) is 0. The average molecular weight is 329 g/mol. The number of hydrogen-bond acceptors (Lipinski definition) is 5. The van der Waals surface area contributed by atoms with Crippen molar-refractivity contribution in [3.8, 4) is 0 Å². The molecule has 0 spiro atoms. The van der Waals surface area contributed by atoms with Crippen LogP contribution in [0.25, 0.3) is 0 Å². The third-order valence-corrected chi connectivity index (χ3v) is 3.57. The molecule has 0 aromatic rings. The molecule has 136 valence electrons. The van der Waals surface area contributed by atoms with E-state index in [-0.39, 0.29) is 24.5 Å². The average Bonchev–Trinajstić information content (AvgIpc) is 2.47. The van der Waals surface area contributed by atoms with Gasteiger partial charge < -0.3 is 14.4 Å². The predicted molar refractivity (Wildman–Crippen MR) is 92.2 cm³/mol. The summed E-state index contributed by atoms with van der Waals surface area (Å²) in [5.74, 6) is -0.640. The maximum atomic E-state index is 11.8. The Morgan fingerprint density at radius 2 is 1.61 bits per heavy atom. The van der Waals surface area contributed by atoms with Crippen LogP contribution in [0.2, 0.25) is 0 Å². The first-order valence-electron chi connectivity index (χ1n) is 8.87. The van der Waals surface area contributed by atoms with Crippen molar-refractivity contribution in [1.29, 1.82) is 0 Å². The van der Waals surface area contributed by atoms with Gasteiger partial charge in [-0.25, -0.2) is 0 Å². The van der Waals surface area contributed by atoms with E-state index in [0.717, 1.165) is 12.8 Å². The SMILES string of the molecule is CCCCCCCCC(=O)OC(C)COC(=O)C(C)CN(C)C. The molecule has 23 heavy (non-hydrogen) atoms. The number of esters is 2. The van der Waals surface area contributed by atoms with Crippen LogP contribution in [0.5, 0.6) is 0 Å². The highest BCUT2D eigenvalue weighted by molar-refractivity contribution is 5.72. The lowest BCUT2D eigenvalue weighted by atomic mass is 10.1. The van der Waals surface area contributed by atoms with E-state index >= 15 is 0 Å². The molecule has 0 rings (SSSR count). The summed E-state index contributed by atoms with van der Waals surface area (Å²) >= 11 is 0. The molecule has 0 bridgehead atoms. The maximum absolute atomic E-state index is 11.8. The van der Waals surface area contributed by atoms with Crippen LogP contribution in [0.3, 0.4) is 0 Å². The molecular weight excluding hydrogens is 294 g/mol. The smallest absolute Gasteiger partial charge is 0.310 e. The molecule has 0 amide bonds.